The Morgan fingerprint density at radius 2 is 2.29 bits per heavy atom. The molecule has 1 unspecified atom stereocenters. The van der Waals surface area contributed by atoms with E-state index in [-0.39, 0.29) is 5.75 Å². The van der Waals surface area contributed by atoms with Crippen molar-refractivity contribution in [3.05, 3.63) is 0 Å². The topological polar surface area (TPSA) is 46.6 Å². The molecule has 1 fully saturated rings. The Hall–Kier alpha value is 0.160. The van der Waals surface area contributed by atoms with Crippen molar-refractivity contribution >= 4 is 19.7 Å². The van der Waals surface area contributed by atoms with Crippen LogP contribution in [0.4, 0.5) is 0 Å². The van der Waals surface area contributed by atoms with E-state index in [4.69, 9.17) is 15.4 Å². The molecule has 0 aromatic heterocycles. The van der Waals surface area contributed by atoms with E-state index in [1.165, 1.54) is 0 Å². The lowest BCUT2D eigenvalue weighted by Gasteiger charge is -2.14. The highest BCUT2D eigenvalue weighted by Crippen LogP contribution is 2.12. The Morgan fingerprint density at radius 3 is 2.79 bits per heavy atom. The monoisotopic (exact) mass is 241 g/mol. The fourth-order valence-electron chi connectivity index (χ4n) is 1.65. The minimum absolute atomic E-state index is 0.0582. The van der Waals surface area contributed by atoms with Gasteiger partial charge in [-0.15, -0.1) is 0 Å². The van der Waals surface area contributed by atoms with E-state index in [9.17, 15) is 8.42 Å². The summed E-state index contributed by atoms with van der Waals surface area (Å²) in [6.45, 7) is 2.67. The maximum atomic E-state index is 10.6. The van der Waals surface area contributed by atoms with Gasteiger partial charge in [-0.25, -0.2) is 8.42 Å². The average molecular weight is 242 g/mol. The molecule has 1 aliphatic heterocycles. The van der Waals surface area contributed by atoms with Crippen molar-refractivity contribution < 1.29 is 13.2 Å². The Morgan fingerprint density at radius 1 is 1.57 bits per heavy atom. The van der Waals surface area contributed by atoms with E-state index in [1.807, 2.05) is 0 Å². The Balaban J connectivity index is 2.15. The summed E-state index contributed by atoms with van der Waals surface area (Å²) in [7, 11) is 3.49. The van der Waals surface area contributed by atoms with Crippen molar-refractivity contribution in [2.75, 3.05) is 32.5 Å². The van der Waals surface area contributed by atoms with Crippen molar-refractivity contribution in [2.45, 2.75) is 18.9 Å². The van der Waals surface area contributed by atoms with Gasteiger partial charge in [-0.2, -0.15) is 0 Å². The molecule has 0 aliphatic carbocycles. The molecule has 1 saturated heterocycles. The van der Waals surface area contributed by atoms with Gasteiger partial charge in [-0.1, -0.05) is 0 Å². The normalized spacial score (nSPS) is 24.3. The van der Waals surface area contributed by atoms with E-state index in [1.54, 1.807) is 7.11 Å². The Kier molecular flexibility index (Phi) is 4.63. The van der Waals surface area contributed by atoms with E-state index in [0.717, 1.165) is 26.1 Å². The molecule has 1 aliphatic rings. The third-order valence-corrected chi connectivity index (χ3v) is 3.66. The van der Waals surface area contributed by atoms with Crippen LogP contribution < -0.4 is 0 Å². The van der Waals surface area contributed by atoms with Gasteiger partial charge >= 0.3 is 0 Å². The van der Waals surface area contributed by atoms with Crippen LogP contribution in [0.2, 0.25) is 0 Å². The summed E-state index contributed by atoms with van der Waals surface area (Å²) in [5, 5.41) is 0. The number of rotatable bonds is 5. The van der Waals surface area contributed by atoms with Crippen LogP contribution in [0.15, 0.2) is 0 Å². The minimum atomic E-state index is -3.32. The third kappa shape index (κ3) is 4.59. The van der Waals surface area contributed by atoms with Gasteiger partial charge in [0.15, 0.2) is 0 Å². The van der Waals surface area contributed by atoms with Crippen molar-refractivity contribution in [3.63, 3.8) is 0 Å². The summed E-state index contributed by atoms with van der Waals surface area (Å²) in [6.07, 6.45) is 1.94. The molecule has 0 amide bonds. The number of likely N-dealkylation sites (tertiary alicyclic amines) is 1. The predicted molar refractivity (Wildman–Crippen MR) is 56.1 cm³/mol. The van der Waals surface area contributed by atoms with Crippen LogP contribution in [-0.2, 0) is 13.8 Å². The summed E-state index contributed by atoms with van der Waals surface area (Å²) in [4.78, 5) is 2.20. The third-order valence-electron chi connectivity index (χ3n) is 2.42. The predicted octanol–water partition coefficient (Wildman–Crippen LogP) is 0.666. The van der Waals surface area contributed by atoms with Gasteiger partial charge in [0, 0.05) is 30.9 Å². The average Bonchev–Trinajstić information content (AvgIpc) is 2.50. The zero-order valence-corrected chi connectivity index (χ0v) is 9.85. The standard InChI is InChI=1S/C8H16ClNO3S/c1-13-8-3-5-10(7-8)4-2-6-14(9,11)12/h8H,2-7H2,1H3. The molecule has 0 radical (unpaired) electrons. The smallest absolute Gasteiger partial charge is 0.232 e. The molecule has 6 heteroatoms. The zero-order valence-electron chi connectivity index (χ0n) is 8.28. The van der Waals surface area contributed by atoms with E-state index in [2.05, 4.69) is 4.90 Å². The summed E-state index contributed by atoms with van der Waals surface area (Å²) < 4.78 is 26.5. The van der Waals surface area contributed by atoms with Crippen LogP contribution in [0.1, 0.15) is 12.8 Å². The fraction of sp³-hybridized carbons (Fsp3) is 1.00. The molecule has 1 heterocycles. The molecule has 0 saturated carbocycles. The molecule has 14 heavy (non-hydrogen) atoms. The second kappa shape index (κ2) is 5.30. The first-order valence-corrected chi connectivity index (χ1v) is 7.16. The van der Waals surface area contributed by atoms with Crippen LogP contribution in [0, 0.1) is 0 Å². The van der Waals surface area contributed by atoms with Crippen LogP contribution in [-0.4, -0.2) is 51.9 Å². The second-order valence-electron chi connectivity index (χ2n) is 3.54. The molecular weight excluding hydrogens is 226 g/mol. The lowest BCUT2D eigenvalue weighted by atomic mass is 10.3. The summed E-state index contributed by atoms with van der Waals surface area (Å²) in [5.74, 6) is 0.0582. The van der Waals surface area contributed by atoms with E-state index in [0.29, 0.717) is 12.5 Å². The van der Waals surface area contributed by atoms with Crippen LogP contribution >= 0.6 is 10.7 Å². The van der Waals surface area contributed by atoms with E-state index < -0.39 is 9.05 Å². The number of nitrogens with zero attached hydrogens (tertiary/aromatic N) is 1. The van der Waals surface area contributed by atoms with Crippen molar-refractivity contribution in [1.29, 1.82) is 0 Å². The van der Waals surface area contributed by atoms with Gasteiger partial charge in [-0.3, -0.25) is 0 Å². The number of ether oxygens (including phenoxy) is 1. The van der Waals surface area contributed by atoms with Gasteiger partial charge in [0.05, 0.1) is 11.9 Å². The summed E-state index contributed by atoms with van der Waals surface area (Å²) in [6, 6.07) is 0. The number of hydrogen-bond acceptors (Lipinski definition) is 4. The molecule has 0 aromatic rings. The largest absolute Gasteiger partial charge is 0.380 e. The van der Waals surface area contributed by atoms with Crippen LogP contribution in [0.25, 0.3) is 0 Å². The number of methoxy groups -OCH3 is 1. The van der Waals surface area contributed by atoms with Crippen molar-refractivity contribution in [2.24, 2.45) is 0 Å². The summed E-state index contributed by atoms with van der Waals surface area (Å²) >= 11 is 0. The molecule has 0 bridgehead atoms. The first-order valence-electron chi connectivity index (χ1n) is 4.69. The first-order chi connectivity index (χ1) is 6.51. The van der Waals surface area contributed by atoms with Gasteiger partial charge in [0.1, 0.15) is 0 Å². The first kappa shape index (κ1) is 12.2. The molecule has 0 N–H and O–H groups in total. The molecule has 84 valence electrons. The van der Waals surface area contributed by atoms with Crippen LogP contribution in [0.5, 0.6) is 0 Å². The van der Waals surface area contributed by atoms with Gasteiger partial charge < -0.3 is 9.64 Å². The van der Waals surface area contributed by atoms with E-state index >= 15 is 0 Å². The van der Waals surface area contributed by atoms with Crippen LogP contribution in [0.3, 0.4) is 0 Å². The molecule has 1 rings (SSSR count). The maximum absolute atomic E-state index is 10.6. The maximum Gasteiger partial charge on any atom is 0.232 e. The lowest BCUT2D eigenvalue weighted by Crippen LogP contribution is -2.25. The van der Waals surface area contributed by atoms with Gasteiger partial charge in [-0.05, 0) is 19.4 Å². The second-order valence-corrected chi connectivity index (χ2v) is 6.44. The highest BCUT2D eigenvalue weighted by molar-refractivity contribution is 8.13. The molecule has 4 nitrogen and oxygen atoms in total. The fourth-order valence-corrected chi connectivity index (χ4v) is 2.45. The SMILES string of the molecule is COC1CCN(CCCS(=O)(=O)Cl)C1. The van der Waals surface area contributed by atoms with Crippen molar-refractivity contribution in [3.8, 4) is 0 Å². The number of hydrogen-bond donors (Lipinski definition) is 0. The number of halogens is 1. The Labute approximate surface area is 89.6 Å². The molecular formula is C8H16ClNO3S. The molecule has 0 spiro atoms. The van der Waals surface area contributed by atoms with Gasteiger partial charge in [0.25, 0.3) is 0 Å². The quantitative estimate of drug-likeness (QED) is 0.664. The highest BCUT2D eigenvalue weighted by Gasteiger charge is 2.21. The lowest BCUT2D eigenvalue weighted by molar-refractivity contribution is 0.108. The highest BCUT2D eigenvalue weighted by atomic mass is 35.7. The Bertz CT molecular complexity index is 268. The minimum Gasteiger partial charge on any atom is -0.380 e. The molecule has 0 aromatic carbocycles. The molecule has 1 atom stereocenters. The summed E-state index contributed by atoms with van der Waals surface area (Å²) in [5.41, 5.74) is 0. The zero-order chi connectivity index (χ0) is 10.6. The van der Waals surface area contributed by atoms with Gasteiger partial charge in [0.2, 0.25) is 9.05 Å². The van der Waals surface area contributed by atoms with Crippen molar-refractivity contribution in [1.82, 2.24) is 4.90 Å².